The van der Waals surface area contributed by atoms with Crippen LogP contribution >= 0.6 is 0 Å². The Morgan fingerprint density at radius 2 is 1.84 bits per heavy atom. The minimum Gasteiger partial charge on any atom is -0.385 e. The summed E-state index contributed by atoms with van der Waals surface area (Å²) in [6.45, 7) is 8.35. The third-order valence-corrected chi connectivity index (χ3v) is 3.62. The number of benzene rings is 1. The SMILES string of the molecule is CCC(CC)C(O)C(=O)c1cccc(CC(C)C)c1. The van der Waals surface area contributed by atoms with Gasteiger partial charge in [-0.05, 0) is 29.9 Å². The van der Waals surface area contributed by atoms with Crippen LogP contribution in [0.1, 0.15) is 56.5 Å². The van der Waals surface area contributed by atoms with Gasteiger partial charge in [0.25, 0.3) is 0 Å². The number of rotatable bonds is 7. The van der Waals surface area contributed by atoms with Crippen LogP contribution in [0.4, 0.5) is 0 Å². The number of Topliss-reactive ketones (excluding diaryl/α,β-unsaturated/α-hetero) is 1. The van der Waals surface area contributed by atoms with Gasteiger partial charge in [-0.1, -0.05) is 58.7 Å². The summed E-state index contributed by atoms with van der Waals surface area (Å²) < 4.78 is 0. The molecule has 0 aliphatic heterocycles. The number of hydrogen-bond donors (Lipinski definition) is 1. The lowest BCUT2D eigenvalue weighted by atomic mass is 9.90. The van der Waals surface area contributed by atoms with Gasteiger partial charge >= 0.3 is 0 Å². The topological polar surface area (TPSA) is 37.3 Å². The van der Waals surface area contributed by atoms with Crippen LogP contribution in [-0.4, -0.2) is 17.0 Å². The summed E-state index contributed by atoms with van der Waals surface area (Å²) in [7, 11) is 0. The van der Waals surface area contributed by atoms with E-state index in [4.69, 9.17) is 0 Å². The van der Waals surface area contributed by atoms with Crippen molar-refractivity contribution in [3.8, 4) is 0 Å². The Bertz CT molecular complexity index is 405. The average molecular weight is 262 g/mol. The molecule has 0 radical (unpaired) electrons. The maximum Gasteiger partial charge on any atom is 0.191 e. The van der Waals surface area contributed by atoms with Crippen LogP contribution in [0.15, 0.2) is 24.3 Å². The summed E-state index contributed by atoms with van der Waals surface area (Å²) in [5.41, 5.74) is 1.80. The predicted octanol–water partition coefficient (Wildman–Crippen LogP) is 3.86. The summed E-state index contributed by atoms with van der Waals surface area (Å²) in [6, 6.07) is 7.68. The van der Waals surface area contributed by atoms with Gasteiger partial charge in [0.15, 0.2) is 5.78 Å². The first-order valence-corrected chi connectivity index (χ1v) is 7.30. The van der Waals surface area contributed by atoms with Gasteiger partial charge in [-0.3, -0.25) is 4.79 Å². The molecule has 0 aliphatic rings. The highest BCUT2D eigenvalue weighted by Gasteiger charge is 2.24. The van der Waals surface area contributed by atoms with Gasteiger partial charge in [0.05, 0.1) is 0 Å². The molecule has 1 unspecified atom stereocenters. The van der Waals surface area contributed by atoms with E-state index in [1.807, 2.05) is 32.0 Å². The van der Waals surface area contributed by atoms with Crippen molar-refractivity contribution in [2.24, 2.45) is 11.8 Å². The number of aliphatic hydroxyl groups excluding tert-OH is 1. The first kappa shape index (κ1) is 15.9. The van der Waals surface area contributed by atoms with Crippen molar-refractivity contribution in [3.63, 3.8) is 0 Å². The highest BCUT2D eigenvalue weighted by Crippen LogP contribution is 2.19. The average Bonchev–Trinajstić information content (AvgIpc) is 2.38. The molecule has 0 heterocycles. The molecule has 1 aromatic rings. The molecule has 19 heavy (non-hydrogen) atoms. The van der Waals surface area contributed by atoms with Crippen LogP contribution in [0.3, 0.4) is 0 Å². The number of carbonyl (C=O) groups excluding carboxylic acids is 1. The monoisotopic (exact) mass is 262 g/mol. The minimum atomic E-state index is -0.871. The second-order valence-electron chi connectivity index (χ2n) is 5.68. The standard InChI is InChI=1S/C17H26O2/c1-5-14(6-2)16(18)17(19)15-9-7-8-13(11-15)10-12(3)4/h7-9,11-12,14,16,18H,5-6,10H2,1-4H3. The zero-order chi connectivity index (χ0) is 14.4. The van der Waals surface area contributed by atoms with Gasteiger partial charge in [0.2, 0.25) is 0 Å². The van der Waals surface area contributed by atoms with Gasteiger partial charge in [-0.25, -0.2) is 0 Å². The van der Waals surface area contributed by atoms with Gasteiger partial charge in [0.1, 0.15) is 6.10 Å². The highest BCUT2D eigenvalue weighted by atomic mass is 16.3. The van der Waals surface area contributed by atoms with E-state index in [2.05, 4.69) is 13.8 Å². The van der Waals surface area contributed by atoms with E-state index in [1.165, 1.54) is 0 Å². The number of ketones is 1. The van der Waals surface area contributed by atoms with Crippen LogP contribution in [-0.2, 0) is 6.42 Å². The lowest BCUT2D eigenvalue weighted by Gasteiger charge is -2.19. The largest absolute Gasteiger partial charge is 0.385 e. The summed E-state index contributed by atoms with van der Waals surface area (Å²) in [4.78, 5) is 12.3. The van der Waals surface area contributed by atoms with E-state index < -0.39 is 6.10 Å². The van der Waals surface area contributed by atoms with Crippen LogP contribution < -0.4 is 0 Å². The van der Waals surface area contributed by atoms with Gasteiger partial charge in [-0.15, -0.1) is 0 Å². The van der Waals surface area contributed by atoms with E-state index in [-0.39, 0.29) is 11.7 Å². The van der Waals surface area contributed by atoms with Crippen molar-refractivity contribution in [3.05, 3.63) is 35.4 Å². The van der Waals surface area contributed by atoms with Crippen molar-refractivity contribution in [2.75, 3.05) is 0 Å². The summed E-state index contributed by atoms with van der Waals surface area (Å²) in [6.07, 6.45) is 1.75. The Labute approximate surface area is 116 Å². The number of aliphatic hydroxyl groups is 1. The van der Waals surface area contributed by atoms with E-state index in [1.54, 1.807) is 6.07 Å². The van der Waals surface area contributed by atoms with Crippen molar-refractivity contribution in [1.82, 2.24) is 0 Å². The molecule has 1 aromatic carbocycles. The molecule has 2 heteroatoms. The Balaban J connectivity index is 2.87. The first-order valence-electron chi connectivity index (χ1n) is 7.30. The first-order chi connectivity index (χ1) is 8.99. The molecule has 0 fully saturated rings. The Morgan fingerprint density at radius 1 is 1.21 bits per heavy atom. The van der Waals surface area contributed by atoms with Crippen molar-refractivity contribution in [1.29, 1.82) is 0 Å². The Morgan fingerprint density at radius 3 is 2.37 bits per heavy atom. The summed E-state index contributed by atoms with van der Waals surface area (Å²) in [5.74, 6) is 0.481. The van der Waals surface area contributed by atoms with E-state index in [0.717, 1.165) is 24.8 Å². The predicted molar refractivity (Wildman–Crippen MR) is 79.4 cm³/mol. The fraction of sp³-hybridized carbons (Fsp3) is 0.588. The minimum absolute atomic E-state index is 0.0567. The summed E-state index contributed by atoms with van der Waals surface area (Å²) >= 11 is 0. The maximum atomic E-state index is 12.3. The molecular weight excluding hydrogens is 236 g/mol. The fourth-order valence-electron chi connectivity index (χ4n) is 2.44. The van der Waals surface area contributed by atoms with Crippen LogP contribution in [0, 0.1) is 11.8 Å². The molecule has 0 saturated carbocycles. The van der Waals surface area contributed by atoms with Crippen molar-refractivity contribution in [2.45, 2.75) is 53.1 Å². The molecule has 1 atom stereocenters. The number of hydrogen-bond acceptors (Lipinski definition) is 2. The molecule has 1 rings (SSSR count). The van der Waals surface area contributed by atoms with Crippen LogP contribution in [0.25, 0.3) is 0 Å². The third-order valence-electron chi connectivity index (χ3n) is 3.62. The highest BCUT2D eigenvalue weighted by molar-refractivity contribution is 5.99. The smallest absolute Gasteiger partial charge is 0.191 e. The van der Waals surface area contributed by atoms with E-state index >= 15 is 0 Å². The zero-order valence-corrected chi connectivity index (χ0v) is 12.5. The third kappa shape index (κ3) is 4.46. The lowest BCUT2D eigenvalue weighted by Crippen LogP contribution is -2.29. The molecular formula is C17H26O2. The molecule has 0 amide bonds. The van der Waals surface area contributed by atoms with E-state index in [0.29, 0.717) is 11.5 Å². The zero-order valence-electron chi connectivity index (χ0n) is 12.5. The molecule has 0 aliphatic carbocycles. The second-order valence-corrected chi connectivity index (χ2v) is 5.68. The van der Waals surface area contributed by atoms with Crippen LogP contribution in [0.2, 0.25) is 0 Å². The van der Waals surface area contributed by atoms with Crippen LogP contribution in [0.5, 0.6) is 0 Å². The lowest BCUT2D eigenvalue weighted by molar-refractivity contribution is 0.0588. The molecule has 0 spiro atoms. The van der Waals surface area contributed by atoms with Gasteiger partial charge < -0.3 is 5.11 Å². The molecule has 106 valence electrons. The normalized spacial score (nSPS) is 13.0. The Kier molecular flexibility index (Phi) is 6.23. The fourth-order valence-corrected chi connectivity index (χ4v) is 2.44. The van der Waals surface area contributed by atoms with Crippen molar-refractivity contribution < 1.29 is 9.90 Å². The number of carbonyl (C=O) groups is 1. The molecule has 2 nitrogen and oxygen atoms in total. The van der Waals surface area contributed by atoms with Gasteiger partial charge in [-0.2, -0.15) is 0 Å². The van der Waals surface area contributed by atoms with E-state index in [9.17, 15) is 9.90 Å². The molecule has 0 bridgehead atoms. The second kappa shape index (κ2) is 7.44. The molecule has 0 saturated heterocycles. The van der Waals surface area contributed by atoms with Crippen molar-refractivity contribution >= 4 is 5.78 Å². The molecule has 0 aromatic heterocycles. The van der Waals surface area contributed by atoms with Gasteiger partial charge in [0, 0.05) is 5.56 Å². The quantitative estimate of drug-likeness (QED) is 0.757. The maximum absolute atomic E-state index is 12.3. The summed E-state index contributed by atoms with van der Waals surface area (Å²) in [5, 5.41) is 10.2. The molecule has 1 N–H and O–H groups in total. The Hall–Kier alpha value is -1.15.